The number of carbonyl (C=O) groups excluding carboxylic acids is 1. The Morgan fingerprint density at radius 3 is 2.76 bits per heavy atom. The van der Waals surface area contributed by atoms with Crippen LogP contribution in [-0.2, 0) is 17.8 Å². The highest BCUT2D eigenvalue weighted by Crippen LogP contribution is 2.29. The highest BCUT2D eigenvalue weighted by molar-refractivity contribution is 14.0. The number of ether oxygens (including phenoxy) is 2. The van der Waals surface area contributed by atoms with Crippen LogP contribution in [0.2, 0.25) is 0 Å². The van der Waals surface area contributed by atoms with Crippen molar-refractivity contribution in [2.75, 3.05) is 39.7 Å². The number of halogens is 1. The number of hydrogen-bond donors (Lipinski definition) is 2. The second-order valence-electron chi connectivity index (χ2n) is 6.38. The number of carbonyl (C=O) groups is 1. The number of anilines is 1. The second-order valence-corrected chi connectivity index (χ2v) is 7.38. The molecule has 0 saturated heterocycles. The number of thiophene rings is 1. The molecule has 0 atom stereocenters. The summed E-state index contributed by atoms with van der Waals surface area (Å²) in [6, 6.07) is 7.66. The average Bonchev–Trinajstić information content (AvgIpc) is 3.20. The molecule has 0 spiro atoms. The molecular weight excluding hydrogens is 503 g/mol. The molecule has 3 rings (SSSR count). The SMILES string of the molecule is CN=C(NCCC(=O)N1CCc2sccc2C1)Nc1ccc(OC)c(OC)c1.I. The Kier molecular flexibility index (Phi) is 9.02. The quantitative estimate of drug-likeness (QED) is 0.341. The summed E-state index contributed by atoms with van der Waals surface area (Å²) in [5.74, 6) is 2.05. The van der Waals surface area contributed by atoms with Crippen molar-refractivity contribution >= 4 is 52.9 Å². The summed E-state index contributed by atoms with van der Waals surface area (Å²) in [5, 5.41) is 8.49. The number of methoxy groups -OCH3 is 2. The summed E-state index contributed by atoms with van der Waals surface area (Å²) in [5.41, 5.74) is 2.10. The number of amides is 1. The standard InChI is InChI=1S/C20H26N4O3S.HI/c1-21-20(23-15-4-5-16(26-2)17(12-15)27-3)22-9-6-19(25)24-10-7-18-14(13-24)8-11-28-18;/h4-5,8,11-12H,6-7,9-10,13H2,1-3H3,(H2,21,22,23);1H. The molecular formula is C20H27IN4O3S. The lowest BCUT2D eigenvalue weighted by Gasteiger charge is -2.27. The number of nitrogens with zero attached hydrogens (tertiary/aromatic N) is 2. The predicted molar refractivity (Wildman–Crippen MR) is 128 cm³/mol. The van der Waals surface area contributed by atoms with Crippen LogP contribution in [0.3, 0.4) is 0 Å². The lowest BCUT2D eigenvalue weighted by atomic mass is 10.1. The van der Waals surface area contributed by atoms with Crippen molar-refractivity contribution in [2.24, 2.45) is 4.99 Å². The van der Waals surface area contributed by atoms with Gasteiger partial charge in [-0.25, -0.2) is 0 Å². The van der Waals surface area contributed by atoms with E-state index in [0.717, 1.165) is 25.2 Å². The van der Waals surface area contributed by atoms with Gasteiger partial charge in [-0.3, -0.25) is 9.79 Å². The van der Waals surface area contributed by atoms with E-state index in [1.807, 2.05) is 23.1 Å². The van der Waals surface area contributed by atoms with Crippen LogP contribution >= 0.6 is 35.3 Å². The van der Waals surface area contributed by atoms with Crippen LogP contribution in [-0.4, -0.2) is 51.1 Å². The molecule has 158 valence electrons. The molecule has 1 aliphatic heterocycles. The fourth-order valence-electron chi connectivity index (χ4n) is 3.14. The molecule has 2 N–H and O–H groups in total. The van der Waals surface area contributed by atoms with Gasteiger partial charge < -0.3 is 25.0 Å². The Hall–Kier alpha value is -2.01. The monoisotopic (exact) mass is 530 g/mol. The third kappa shape index (κ3) is 5.99. The van der Waals surface area contributed by atoms with Crippen molar-refractivity contribution in [3.8, 4) is 11.5 Å². The van der Waals surface area contributed by atoms with Crippen LogP contribution in [0, 0.1) is 0 Å². The largest absolute Gasteiger partial charge is 0.493 e. The van der Waals surface area contributed by atoms with Gasteiger partial charge >= 0.3 is 0 Å². The highest BCUT2D eigenvalue weighted by atomic mass is 127. The van der Waals surface area contributed by atoms with E-state index >= 15 is 0 Å². The van der Waals surface area contributed by atoms with Crippen molar-refractivity contribution < 1.29 is 14.3 Å². The van der Waals surface area contributed by atoms with E-state index in [1.165, 1.54) is 10.4 Å². The second kappa shape index (κ2) is 11.2. The van der Waals surface area contributed by atoms with Crippen LogP contribution in [0.25, 0.3) is 0 Å². The van der Waals surface area contributed by atoms with E-state index in [2.05, 4.69) is 27.1 Å². The van der Waals surface area contributed by atoms with Crippen LogP contribution < -0.4 is 20.1 Å². The van der Waals surface area contributed by atoms with Gasteiger partial charge in [-0.05, 0) is 35.6 Å². The number of aliphatic imine (C=N–C) groups is 1. The molecule has 0 unspecified atom stereocenters. The van der Waals surface area contributed by atoms with E-state index in [9.17, 15) is 4.79 Å². The average molecular weight is 530 g/mol. The Morgan fingerprint density at radius 1 is 1.24 bits per heavy atom. The number of hydrogen-bond acceptors (Lipinski definition) is 5. The maximum Gasteiger partial charge on any atom is 0.224 e. The van der Waals surface area contributed by atoms with Crippen molar-refractivity contribution in [1.29, 1.82) is 0 Å². The van der Waals surface area contributed by atoms with Gasteiger partial charge in [0.05, 0.1) is 14.2 Å². The zero-order valence-electron chi connectivity index (χ0n) is 16.9. The molecule has 1 aromatic heterocycles. The molecule has 0 fully saturated rings. The van der Waals surface area contributed by atoms with Crippen molar-refractivity contribution in [3.63, 3.8) is 0 Å². The molecule has 0 saturated carbocycles. The predicted octanol–water partition coefficient (Wildman–Crippen LogP) is 3.35. The normalized spacial score (nSPS) is 13.2. The van der Waals surface area contributed by atoms with Gasteiger partial charge in [0.2, 0.25) is 5.91 Å². The molecule has 1 aliphatic rings. The zero-order chi connectivity index (χ0) is 19.9. The first-order valence-corrected chi connectivity index (χ1v) is 10.0. The lowest BCUT2D eigenvalue weighted by molar-refractivity contribution is -0.131. The third-order valence-electron chi connectivity index (χ3n) is 4.66. The van der Waals surface area contributed by atoms with E-state index < -0.39 is 0 Å². The molecule has 2 heterocycles. The summed E-state index contributed by atoms with van der Waals surface area (Å²) in [6.45, 7) is 2.03. The summed E-state index contributed by atoms with van der Waals surface area (Å²) in [6.07, 6.45) is 1.38. The minimum Gasteiger partial charge on any atom is -0.493 e. The summed E-state index contributed by atoms with van der Waals surface area (Å²) in [7, 11) is 4.89. The molecule has 0 bridgehead atoms. The van der Waals surface area contributed by atoms with Crippen molar-refractivity contribution in [2.45, 2.75) is 19.4 Å². The molecule has 2 aromatic rings. The third-order valence-corrected chi connectivity index (χ3v) is 5.68. The van der Waals surface area contributed by atoms with Gasteiger partial charge in [0.1, 0.15) is 0 Å². The van der Waals surface area contributed by atoms with Gasteiger partial charge in [0, 0.05) is 49.7 Å². The Labute approximate surface area is 192 Å². The fourth-order valence-corrected chi connectivity index (χ4v) is 4.03. The summed E-state index contributed by atoms with van der Waals surface area (Å²) < 4.78 is 10.6. The number of fused-ring (bicyclic) bond motifs is 1. The number of nitrogens with one attached hydrogen (secondary N) is 2. The van der Waals surface area contributed by atoms with Gasteiger partial charge in [0.25, 0.3) is 0 Å². The minimum absolute atomic E-state index is 0. The molecule has 1 amide bonds. The molecule has 1 aromatic carbocycles. The van der Waals surface area contributed by atoms with Crippen molar-refractivity contribution in [1.82, 2.24) is 10.2 Å². The molecule has 29 heavy (non-hydrogen) atoms. The zero-order valence-corrected chi connectivity index (χ0v) is 20.0. The van der Waals surface area contributed by atoms with Crippen LogP contribution in [0.1, 0.15) is 16.9 Å². The van der Waals surface area contributed by atoms with Crippen LogP contribution in [0.5, 0.6) is 11.5 Å². The Morgan fingerprint density at radius 2 is 2.03 bits per heavy atom. The molecule has 7 nitrogen and oxygen atoms in total. The molecule has 0 radical (unpaired) electrons. The van der Waals surface area contributed by atoms with Gasteiger partial charge in [0.15, 0.2) is 17.5 Å². The summed E-state index contributed by atoms with van der Waals surface area (Å²) in [4.78, 5) is 20.1. The fraction of sp³-hybridized carbons (Fsp3) is 0.400. The van der Waals surface area contributed by atoms with Gasteiger partial charge in [-0.15, -0.1) is 35.3 Å². The highest BCUT2D eigenvalue weighted by Gasteiger charge is 2.21. The van der Waals surface area contributed by atoms with E-state index in [-0.39, 0.29) is 29.9 Å². The summed E-state index contributed by atoms with van der Waals surface area (Å²) >= 11 is 1.78. The number of guanidine groups is 1. The van der Waals surface area contributed by atoms with Gasteiger partial charge in [-0.1, -0.05) is 0 Å². The first kappa shape index (κ1) is 23.3. The maximum absolute atomic E-state index is 12.5. The number of rotatable bonds is 6. The minimum atomic E-state index is 0. The first-order chi connectivity index (χ1) is 13.6. The topological polar surface area (TPSA) is 75.2 Å². The molecule has 0 aliphatic carbocycles. The van der Waals surface area contributed by atoms with Gasteiger partial charge in [-0.2, -0.15) is 0 Å². The maximum atomic E-state index is 12.5. The smallest absolute Gasteiger partial charge is 0.224 e. The molecule has 9 heteroatoms. The number of benzene rings is 1. The van der Waals surface area contributed by atoms with E-state index in [4.69, 9.17) is 9.47 Å². The van der Waals surface area contributed by atoms with E-state index in [0.29, 0.717) is 30.4 Å². The Balaban J connectivity index is 0.00000300. The van der Waals surface area contributed by atoms with Crippen molar-refractivity contribution in [3.05, 3.63) is 40.1 Å². The van der Waals surface area contributed by atoms with Crippen LogP contribution in [0.15, 0.2) is 34.6 Å². The lowest BCUT2D eigenvalue weighted by Crippen LogP contribution is -2.38. The Bertz CT molecular complexity index is 856. The first-order valence-electron chi connectivity index (χ1n) is 9.17. The van der Waals surface area contributed by atoms with E-state index in [1.54, 1.807) is 32.6 Å². The van der Waals surface area contributed by atoms with Crippen LogP contribution in [0.4, 0.5) is 5.69 Å².